The maximum atomic E-state index is 13.7. The summed E-state index contributed by atoms with van der Waals surface area (Å²) in [7, 11) is 0. The number of nitrogens with zero attached hydrogens (tertiary/aromatic N) is 4. The number of aromatic amines is 3. The third kappa shape index (κ3) is 14.9. The Kier molecular flexibility index (Phi) is 16.8. The van der Waals surface area contributed by atoms with E-state index in [4.69, 9.17) is 17.2 Å². The highest BCUT2D eigenvalue weighted by Crippen LogP contribution is 2.09. The van der Waals surface area contributed by atoms with Crippen molar-refractivity contribution in [2.45, 2.75) is 95.5 Å². The number of carbonyl (C=O) groups excluding carboxylic acids is 5. The van der Waals surface area contributed by atoms with E-state index < -0.39 is 71.8 Å². The fraction of sp³-hybridized carbons (Fsp3) is 0.515. The third-order valence-corrected chi connectivity index (χ3v) is 8.21. The zero-order valence-corrected chi connectivity index (χ0v) is 30.9. The van der Waals surface area contributed by atoms with Crippen molar-refractivity contribution in [3.05, 3.63) is 54.7 Å². The minimum Gasteiger partial charge on any atom is -0.480 e. The molecular formula is C33H51N15O7. The number of aliphatic carboxylic acids is 1. The zero-order chi connectivity index (χ0) is 40.5. The number of carboxylic acids is 1. The Morgan fingerprint density at radius 1 is 0.673 bits per heavy atom. The van der Waals surface area contributed by atoms with E-state index >= 15 is 0 Å². The lowest BCUT2D eigenvalue weighted by atomic mass is 10.0. The van der Waals surface area contributed by atoms with Crippen LogP contribution >= 0.6 is 0 Å². The molecule has 0 saturated carbocycles. The zero-order valence-electron chi connectivity index (χ0n) is 30.9. The molecule has 0 bridgehead atoms. The average Bonchev–Trinajstić information content (AvgIpc) is 3.93. The van der Waals surface area contributed by atoms with Gasteiger partial charge in [0.05, 0.1) is 25.0 Å². The molecule has 22 nitrogen and oxygen atoms in total. The summed E-state index contributed by atoms with van der Waals surface area (Å²) >= 11 is 0. The number of carbonyl (C=O) groups is 6. The van der Waals surface area contributed by atoms with Gasteiger partial charge in [-0.15, -0.1) is 0 Å². The van der Waals surface area contributed by atoms with Crippen molar-refractivity contribution in [1.82, 2.24) is 56.5 Å². The van der Waals surface area contributed by atoms with Crippen LogP contribution in [-0.2, 0) is 48.0 Å². The molecule has 0 spiro atoms. The quantitative estimate of drug-likeness (QED) is 0.0258. The molecule has 3 rings (SSSR count). The summed E-state index contributed by atoms with van der Waals surface area (Å²) in [6.07, 6.45) is 9.14. The third-order valence-electron chi connectivity index (χ3n) is 8.21. The molecule has 15 N–H and O–H groups in total. The number of H-pyrrole nitrogens is 3. The second-order valence-electron chi connectivity index (χ2n) is 13.3. The van der Waals surface area contributed by atoms with Crippen LogP contribution in [0.15, 0.2) is 42.6 Å². The van der Waals surface area contributed by atoms with E-state index in [1.165, 1.54) is 44.5 Å². The number of aliphatic imine (C=N–C) groups is 1. The van der Waals surface area contributed by atoms with Crippen molar-refractivity contribution < 1.29 is 33.9 Å². The lowest BCUT2D eigenvalue weighted by Gasteiger charge is -2.26. The van der Waals surface area contributed by atoms with E-state index in [2.05, 4.69) is 61.5 Å². The predicted molar refractivity (Wildman–Crippen MR) is 197 cm³/mol. The van der Waals surface area contributed by atoms with E-state index in [-0.39, 0.29) is 56.9 Å². The first-order valence-corrected chi connectivity index (χ1v) is 17.6. The van der Waals surface area contributed by atoms with Gasteiger partial charge in [0.1, 0.15) is 30.2 Å². The number of amides is 5. The number of nitrogens with two attached hydrogens (primary N) is 3. The van der Waals surface area contributed by atoms with Gasteiger partial charge in [0.15, 0.2) is 5.96 Å². The number of hydrogen-bond donors (Lipinski definition) is 12. The van der Waals surface area contributed by atoms with E-state index in [0.717, 1.165) is 0 Å². The number of hydrogen-bond acceptors (Lipinski definition) is 11. The number of guanidine groups is 1. The summed E-state index contributed by atoms with van der Waals surface area (Å²) in [6.45, 7) is 5.18. The van der Waals surface area contributed by atoms with Crippen molar-refractivity contribution in [3.63, 3.8) is 0 Å². The van der Waals surface area contributed by atoms with Gasteiger partial charge in [0, 0.05) is 61.5 Å². The monoisotopic (exact) mass is 769 g/mol. The van der Waals surface area contributed by atoms with Crippen LogP contribution in [0, 0.1) is 5.92 Å². The van der Waals surface area contributed by atoms with E-state index in [1.807, 2.05) is 13.8 Å². The number of aromatic nitrogens is 6. The molecule has 3 heterocycles. The normalized spacial score (nSPS) is 14.3. The van der Waals surface area contributed by atoms with Gasteiger partial charge in [-0.05, 0) is 32.1 Å². The first-order valence-electron chi connectivity index (χ1n) is 17.6. The van der Waals surface area contributed by atoms with Crippen molar-refractivity contribution in [3.8, 4) is 0 Å². The van der Waals surface area contributed by atoms with Crippen molar-refractivity contribution in [2.24, 2.45) is 28.1 Å². The van der Waals surface area contributed by atoms with Crippen molar-refractivity contribution >= 4 is 41.5 Å². The molecule has 0 aromatic carbocycles. The fourth-order valence-corrected chi connectivity index (χ4v) is 5.34. The summed E-state index contributed by atoms with van der Waals surface area (Å²) < 4.78 is 0. The lowest BCUT2D eigenvalue weighted by Crippen LogP contribution is -2.59. The van der Waals surface area contributed by atoms with Crippen LogP contribution in [0.3, 0.4) is 0 Å². The Morgan fingerprint density at radius 3 is 1.65 bits per heavy atom. The molecule has 0 aliphatic heterocycles. The molecule has 5 amide bonds. The Morgan fingerprint density at radius 2 is 1.15 bits per heavy atom. The van der Waals surface area contributed by atoms with E-state index in [9.17, 15) is 33.9 Å². The molecule has 22 heteroatoms. The second kappa shape index (κ2) is 21.4. The summed E-state index contributed by atoms with van der Waals surface area (Å²) in [5, 5.41) is 22.7. The first kappa shape index (κ1) is 43.1. The molecule has 0 aliphatic carbocycles. The summed E-state index contributed by atoms with van der Waals surface area (Å²) in [4.78, 5) is 103. The number of carboxylic acid groups (broad SMARTS) is 1. The Hall–Kier alpha value is -6.32. The van der Waals surface area contributed by atoms with Gasteiger partial charge in [-0.2, -0.15) is 0 Å². The van der Waals surface area contributed by atoms with Crippen LogP contribution in [0.5, 0.6) is 0 Å². The topological polar surface area (TPSA) is 359 Å². The van der Waals surface area contributed by atoms with Gasteiger partial charge >= 0.3 is 5.97 Å². The SMILES string of the molecule is CC(C)C[C@H](NC(=O)[C@H](Cc1cnc[nH]1)NC(=O)[C@@H](N)Cc1cnc[nH]1)C(=O)N[C@@H](C)C(=O)N[C@@H](CCCN=C(N)N)C(=O)N[C@@H](Cc1cnc[nH]1)C(=O)O. The molecular weight excluding hydrogens is 718 g/mol. The average molecular weight is 770 g/mol. The van der Waals surface area contributed by atoms with Crippen LogP contribution < -0.4 is 43.8 Å². The van der Waals surface area contributed by atoms with Gasteiger partial charge in [0.25, 0.3) is 0 Å². The van der Waals surface area contributed by atoms with Gasteiger partial charge in [-0.1, -0.05) is 13.8 Å². The van der Waals surface area contributed by atoms with Crippen LogP contribution in [-0.4, -0.2) is 119 Å². The van der Waals surface area contributed by atoms with Gasteiger partial charge in [-0.3, -0.25) is 29.0 Å². The highest BCUT2D eigenvalue weighted by Gasteiger charge is 2.32. The van der Waals surface area contributed by atoms with Crippen molar-refractivity contribution in [2.75, 3.05) is 6.54 Å². The number of imidazole rings is 3. The fourth-order valence-electron chi connectivity index (χ4n) is 5.34. The molecule has 3 aromatic rings. The molecule has 0 fully saturated rings. The minimum atomic E-state index is -1.35. The highest BCUT2D eigenvalue weighted by molar-refractivity contribution is 5.96. The molecule has 300 valence electrons. The molecule has 0 unspecified atom stereocenters. The van der Waals surface area contributed by atoms with E-state index in [0.29, 0.717) is 17.1 Å². The molecule has 6 atom stereocenters. The molecule has 0 aliphatic rings. The smallest absolute Gasteiger partial charge is 0.326 e. The first-order chi connectivity index (χ1) is 26.1. The molecule has 3 aromatic heterocycles. The second-order valence-corrected chi connectivity index (χ2v) is 13.3. The van der Waals surface area contributed by atoms with Crippen LogP contribution in [0.4, 0.5) is 0 Å². The minimum absolute atomic E-state index is 0.000436. The van der Waals surface area contributed by atoms with Gasteiger partial charge < -0.3 is 63.8 Å². The highest BCUT2D eigenvalue weighted by atomic mass is 16.4. The predicted octanol–water partition coefficient (Wildman–Crippen LogP) is -3.16. The summed E-state index contributed by atoms with van der Waals surface area (Å²) in [5.41, 5.74) is 18.5. The molecule has 55 heavy (non-hydrogen) atoms. The maximum Gasteiger partial charge on any atom is 0.326 e. The van der Waals surface area contributed by atoms with Gasteiger partial charge in [0.2, 0.25) is 29.5 Å². The summed E-state index contributed by atoms with van der Waals surface area (Å²) in [5.74, 6) is -5.12. The summed E-state index contributed by atoms with van der Waals surface area (Å²) in [6, 6.07) is -7.12. The maximum absolute atomic E-state index is 13.7. The Balaban J connectivity index is 1.70. The van der Waals surface area contributed by atoms with Crippen molar-refractivity contribution in [1.29, 1.82) is 0 Å². The number of rotatable bonds is 23. The number of nitrogens with one attached hydrogen (secondary N) is 8. The molecule has 0 saturated heterocycles. The molecule has 0 radical (unpaired) electrons. The van der Waals surface area contributed by atoms with Gasteiger partial charge in [-0.25, -0.2) is 19.7 Å². The standard InChI is InChI=1S/C33H51N15O7/c1-17(2)7-24(47-31(53)25(9-20-12-38-15-42-20)46-28(50)22(34)8-19-11-37-14-41-19)30(52)44-18(3)27(49)45-23(5-4-6-40-33(35)36)29(51)48-26(32(54)55)10-21-13-39-16-43-21/h11-18,22-26H,4-10,34H2,1-3H3,(H,37,41)(H,38,42)(H,39,43)(H,44,52)(H,45,49)(H,46,50)(H,47,53)(H,48,51)(H,54,55)(H4,35,36,40)/t18-,22-,23-,24-,25-,26-/m0/s1. The largest absolute Gasteiger partial charge is 0.480 e. The van der Waals surface area contributed by atoms with Crippen LogP contribution in [0.25, 0.3) is 0 Å². The van der Waals surface area contributed by atoms with Crippen LogP contribution in [0.1, 0.15) is 57.1 Å². The Bertz CT molecular complexity index is 1710. The van der Waals surface area contributed by atoms with Crippen LogP contribution in [0.2, 0.25) is 0 Å². The van der Waals surface area contributed by atoms with E-state index in [1.54, 1.807) is 0 Å². The Labute approximate surface area is 316 Å². The lowest BCUT2D eigenvalue weighted by molar-refractivity contribution is -0.142.